The number of carbonyl (C=O) groups excluding carboxylic acids is 1. The summed E-state index contributed by atoms with van der Waals surface area (Å²) in [5, 5.41) is 13.0. The van der Waals surface area contributed by atoms with Gasteiger partial charge in [0.15, 0.2) is 0 Å². The highest BCUT2D eigenvalue weighted by molar-refractivity contribution is 8.03. The molecule has 0 spiro atoms. The molecular weight excluding hydrogens is 675 g/mol. The first kappa shape index (κ1) is 34.1. The maximum absolute atomic E-state index is 11.9. The standard InChI is InChI=1S/C46H39N3O3S/c1-4-47-40-28-36(34-18-16-33(17-19-34)32-12-8-6-9-13-32)22-26-42(40)52-44(47)30-45-48(5-2)41-29-37(23-27-43(41)53-45)35-20-24-39(25-21-35)49(31(3)46(50)51)38-14-10-7-11-15-38/h6-31H,4-5H2,1-3H3. The largest absolute Gasteiger partial charge is 0.548 e. The van der Waals surface area contributed by atoms with Crippen LogP contribution in [0.1, 0.15) is 26.7 Å². The van der Waals surface area contributed by atoms with Gasteiger partial charge in [0.1, 0.15) is 6.54 Å². The van der Waals surface area contributed by atoms with Crippen LogP contribution in [0.2, 0.25) is 0 Å². The Labute approximate surface area is 314 Å². The average Bonchev–Trinajstić information content (AvgIpc) is 3.74. The van der Waals surface area contributed by atoms with Crippen molar-refractivity contribution in [1.29, 1.82) is 0 Å². The topological polar surface area (TPSA) is 63.6 Å². The Morgan fingerprint density at radius 2 is 1.28 bits per heavy atom. The minimum absolute atomic E-state index is 0.774. The SMILES string of the molecule is CCN1/C(=C/c2oc3ccc(-c4ccc(-c5ccccc5)cc4)cc3[n+]2CC)Sc2ccc(-c3ccc(N(c4ccccc4)C(C)C(=O)[O-])cc3)cc21. The number of carbonyl (C=O) groups is 1. The molecule has 0 amide bonds. The van der Waals surface area contributed by atoms with Crippen LogP contribution in [0.3, 0.4) is 0 Å². The number of fused-ring (bicyclic) bond motifs is 2. The van der Waals surface area contributed by atoms with E-state index in [9.17, 15) is 9.90 Å². The molecular formula is C46H39N3O3S. The number of carboxylic acid groups (broad SMARTS) is 1. The van der Waals surface area contributed by atoms with Gasteiger partial charge >= 0.3 is 5.89 Å². The molecule has 1 aromatic heterocycles. The minimum atomic E-state index is -1.13. The lowest BCUT2D eigenvalue weighted by Crippen LogP contribution is -2.44. The number of carboxylic acids is 1. The smallest absolute Gasteiger partial charge is 0.376 e. The van der Waals surface area contributed by atoms with Gasteiger partial charge in [-0.3, -0.25) is 0 Å². The summed E-state index contributed by atoms with van der Waals surface area (Å²) in [4.78, 5) is 17.2. The summed E-state index contributed by atoms with van der Waals surface area (Å²) in [7, 11) is 0. The summed E-state index contributed by atoms with van der Waals surface area (Å²) in [5.74, 6) is -0.309. The van der Waals surface area contributed by atoms with Crippen molar-refractivity contribution >= 4 is 52.0 Å². The predicted molar refractivity (Wildman–Crippen MR) is 215 cm³/mol. The fourth-order valence-corrected chi connectivity index (χ4v) is 8.26. The van der Waals surface area contributed by atoms with E-state index < -0.39 is 12.0 Å². The van der Waals surface area contributed by atoms with Gasteiger partial charge in [0.2, 0.25) is 5.58 Å². The van der Waals surface area contributed by atoms with Gasteiger partial charge in [0.05, 0.1) is 28.8 Å². The lowest BCUT2D eigenvalue weighted by molar-refractivity contribution is -0.674. The monoisotopic (exact) mass is 713 g/mol. The summed E-state index contributed by atoms with van der Waals surface area (Å²) in [6.07, 6.45) is 2.16. The molecule has 0 fully saturated rings. The van der Waals surface area contributed by atoms with E-state index >= 15 is 0 Å². The Bertz CT molecular complexity index is 2440. The van der Waals surface area contributed by atoms with E-state index in [-0.39, 0.29) is 0 Å². The van der Waals surface area contributed by atoms with E-state index in [0.717, 1.165) is 68.9 Å². The minimum Gasteiger partial charge on any atom is -0.548 e. The van der Waals surface area contributed by atoms with Crippen molar-refractivity contribution in [3.8, 4) is 33.4 Å². The number of thioether (sulfide) groups is 1. The molecule has 0 N–H and O–H groups in total. The number of benzene rings is 6. The van der Waals surface area contributed by atoms with Gasteiger partial charge in [-0.05, 0) is 96.6 Å². The van der Waals surface area contributed by atoms with Gasteiger partial charge in [0, 0.05) is 28.9 Å². The molecule has 7 aromatic rings. The van der Waals surface area contributed by atoms with Crippen molar-refractivity contribution in [2.45, 2.75) is 38.3 Å². The third kappa shape index (κ3) is 6.60. The van der Waals surface area contributed by atoms with Crippen molar-refractivity contribution in [2.75, 3.05) is 16.3 Å². The van der Waals surface area contributed by atoms with Crippen molar-refractivity contribution < 1.29 is 18.9 Å². The second kappa shape index (κ2) is 14.5. The highest BCUT2D eigenvalue weighted by Crippen LogP contribution is 2.48. The third-order valence-electron chi connectivity index (χ3n) is 9.91. The third-order valence-corrected chi connectivity index (χ3v) is 11.0. The van der Waals surface area contributed by atoms with Gasteiger partial charge < -0.3 is 24.1 Å². The van der Waals surface area contributed by atoms with Crippen LogP contribution in [0.15, 0.2) is 160 Å². The number of aromatic nitrogens is 1. The van der Waals surface area contributed by atoms with Gasteiger partial charge in [0.25, 0.3) is 5.52 Å². The van der Waals surface area contributed by atoms with Gasteiger partial charge in [-0.15, -0.1) is 0 Å². The second-order valence-electron chi connectivity index (χ2n) is 13.1. The van der Waals surface area contributed by atoms with Crippen molar-refractivity contribution in [3.63, 3.8) is 0 Å². The van der Waals surface area contributed by atoms with Gasteiger partial charge in [-0.1, -0.05) is 109 Å². The number of para-hydroxylation sites is 1. The number of rotatable bonds is 10. The molecule has 0 radical (unpaired) electrons. The van der Waals surface area contributed by atoms with E-state index in [1.807, 2.05) is 48.5 Å². The molecule has 0 saturated heterocycles. The quantitative estimate of drug-likeness (QED) is 0.132. The molecule has 1 unspecified atom stereocenters. The Kier molecular flexibility index (Phi) is 9.33. The molecule has 262 valence electrons. The summed E-state index contributed by atoms with van der Waals surface area (Å²) >= 11 is 1.75. The average molecular weight is 714 g/mol. The number of nitrogens with zero attached hydrogens (tertiary/aromatic N) is 3. The molecule has 0 bridgehead atoms. The normalized spacial score (nSPS) is 13.7. The van der Waals surface area contributed by atoms with Crippen LogP contribution in [-0.2, 0) is 11.3 Å². The van der Waals surface area contributed by atoms with Crippen molar-refractivity contribution in [3.05, 3.63) is 157 Å². The fourth-order valence-electron chi connectivity index (χ4n) is 7.12. The van der Waals surface area contributed by atoms with Crippen molar-refractivity contribution in [1.82, 2.24) is 0 Å². The highest BCUT2D eigenvalue weighted by Gasteiger charge is 2.28. The maximum atomic E-state index is 11.9. The molecule has 6 aromatic carbocycles. The number of aliphatic carboxylic acids is 1. The molecule has 1 aliphatic heterocycles. The molecule has 7 heteroatoms. The van der Waals surface area contributed by atoms with E-state index in [0.29, 0.717) is 0 Å². The van der Waals surface area contributed by atoms with Crippen LogP contribution in [0.25, 0.3) is 50.6 Å². The van der Waals surface area contributed by atoms with Crippen LogP contribution >= 0.6 is 11.8 Å². The Balaban J connectivity index is 1.06. The number of oxazole rings is 1. The predicted octanol–water partition coefficient (Wildman–Crippen LogP) is 9.95. The van der Waals surface area contributed by atoms with Crippen LogP contribution in [0.5, 0.6) is 0 Å². The summed E-state index contributed by atoms with van der Waals surface area (Å²) in [6, 6.07) is 49.0. The lowest BCUT2D eigenvalue weighted by atomic mass is 10.0. The first-order valence-electron chi connectivity index (χ1n) is 18.0. The molecule has 0 aliphatic carbocycles. The molecule has 1 aliphatic rings. The van der Waals surface area contributed by atoms with E-state index in [4.69, 9.17) is 4.42 Å². The second-order valence-corrected chi connectivity index (χ2v) is 14.1. The molecule has 53 heavy (non-hydrogen) atoms. The lowest BCUT2D eigenvalue weighted by Gasteiger charge is -2.32. The van der Waals surface area contributed by atoms with E-state index in [2.05, 4.69) is 126 Å². The zero-order chi connectivity index (χ0) is 36.5. The molecule has 0 saturated carbocycles. The number of hydrogen-bond donors (Lipinski definition) is 0. The van der Waals surface area contributed by atoms with E-state index in [1.54, 1.807) is 23.6 Å². The Morgan fingerprint density at radius 1 is 0.736 bits per heavy atom. The van der Waals surface area contributed by atoms with Crippen molar-refractivity contribution in [2.24, 2.45) is 0 Å². The summed E-state index contributed by atoms with van der Waals surface area (Å²) < 4.78 is 8.75. The first-order chi connectivity index (χ1) is 25.9. The zero-order valence-corrected chi connectivity index (χ0v) is 30.7. The van der Waals surface area contributed by atoms with Crippen LogP contribution in [0, 0.1) is 0 Å². The zero-order valence-electron chi connectivity index (χ0n) is 29.9. The number of hydrogen-bond acceptors (Lipinski definition) is 6. The van der Waals surface area contributed by atoms with Gasteiger partial charge in [-0.2, -0.15) is 4.57 Å². The Morgan fingerprint density at radius 3 is 1.92 bits per heavy atom. The molecule has 6 nitrogen and oxygen atoms in total. The van der Waals surface area contributed by atoms with E-state index in [1.165, 1.54) is 21.6 Å². The first-order valence-corrected chi connectivity index (χ1v) is 18.8. The number of anilines is 3. The molecule has 8 rings (SSSR count). The summed E-state index contributed by atoms with van der Waals surface area (Å²) in [5.41, 5.74) is 11.5. The summed E-state index contributed by atoms with van der Waals surface area (Å²) in [6.45, 7) is 7.55. The van der Waals surface area contributed by atoms with Gasteiger partial charge in [-0.25, -0.2) is 0 Å². The molecule has 1 atom stereocenters. The number of aryl methyl sites for hydroxylation is 1. The van der Waals surface area contributed by atoms with Crippen LogP contribution in [0.4, 0.5) is 17.1 Å². The highest BCUT2D eigenvalue weighted by atomic mass is 32.2. The van der Waals surface area contributed by atoms with Crippen LogP contribution in [-0.4, -0.2) is 18.6 Å². The molecule has 2 heterocycles. The Hall–Kier alpha value is -6.05. The maximum Gasteiger partial charge on any atom is 0.376 e. The van der Waals surface area contributed by atoms with Crippen LogP contribution < -0.4 is 19.5 Å². The fraction of sp³-hybridized carbons (Fsp3) is 0.130.